The number of ketones is 1. The van der Waals surface area contributed by atoms with Gasteiger partial charge in [0.1, 0.15) is 0 Å². The third-order valence-electron chi connectivity index (χ3n) is 3.73. The largest absolute Gasteiger partial charge is 0.490 e. The molecule has 0 amide bonds. The lowest BCUT2D eigenvalue weighted by atomic mass is 9.98. The van der Waals surface area contributed by atoms with Crippen LogP contribution in [0.25, 0.3) is 5.57 Å². The molecule has 0 saturated heterocycles. The molecule has 0 radical (unpaired) electrons. The van der Waals surface area contributed by atoms with Crippen molar-refractivity contribution in [3.05, 3.63) is 76.7 Å². The predicted molar refractivity (Wildman–Crippen MR) is 88.8 cm³/mol. The van der Waals surface area contributed by atoms with E-state index in [-0.39, 0.29) is 17.1 Å². The summed E-state index contributed by atoms with van der Waals surface area (Å²) >= 11 is 0. The highest BCUT2D eigenvalue weighted by Crippen LogP contribution is 2.36. The molecule has 0 N–H and O–H groups in total. The Morgan fingerprint density at radius 3 is 2.68 bits per heavy atom. The van der Waals surface area contributed by atoms with Gasteiger partial charge in [-0.1, -0.05) is 24.3 Å². The van der Waals surface area contributed by atoms with Crippen LogP contribution in [0.15, 0.2) is 70.6 Å². The van der Waals surface area contributed by atoms with Gasteiger partial charge in [-0.3, -0.25) is 9.79 Å². The summed E-state index contributed by atoms with van der Waals surface area (Å²) in [4.78, 5) is 16.5. The predicted octanol–water partition coefficient (Wildman–Crippen LogP) is 4.49. The van der Waals surface area contributed by atoms with Crippen molar-refractivity contribution in [3.63, 3.8) is 0 Å². The van der Waals surface area contributed by atoms with Gasteiger partial charge in [0.05, 0.1) is 23.4 Å². The molecule has 0 aromatic heterocycles. The van der Waals surface area contributed by atoms with Crippen LogP contribution in [0.5, 0.6) is 0 Å². The minimum absolute atomic E-state index is 0.0298. The molecular weight excluding hydrogens is 331 g/mol. The number of alkyl halides is 3. The lowest BCUT2D eigenvalue weighted by Gasteiger charge is -2.12. The molecule has 1 aliphatic heterocycles. The molecule has 0 fully saturated rings. The Bertz CT molecular complexity index is 871. The highest BCUT2D eigenvalue weighted by molar-refractivity contribution is 6.17. The van der Waals surface area contributed by atoms with E-state index in [9.17, 15) is 18.0 Å². The Morgan fingerprint density at radius 1 is 1.20 bits per heavy atom. The first kappa shape index (κ1) is 17.0. The molecule has 1 heterocycles. The van der Waals surface area contributed by atoms with E-state index in [1.54, 1.807) is 25.2 Å². The normalized spacial score (nSPS) is 19.9. The molecule has 1 aromatic rings. The number of Topliss-reactive ketones (excluding diaryl/α,β-unsaturated/α-hetero) is 1. The average molecular weight is 345 g/mol. The molecule has 128 valence electrons. The van der Waals surface area contributed by atoms with Gasteiger partial charge in [-0.2, -0.15) is 13.2 Å². The maximum absolute atomic E-state index is 13.2. The number of rotatable bonds is 3. The van der Waals surface area contributed by atoms with Crippen LogP contribution in [0, 0.1) is 0 Å². The molecule has 3 rings (SSSR count). The first-order chi connectivity index (χ1) is 11.9. The molecule has 3 nitrogen and oxygen atoms in total. The van der Waals surface area contributed by atoms with Gasteiger partial charge in [-0.05, 0) is 36.8 Å². The second-order valence-corrected chi connectivity index (χ2v) is 5.35. The molecule has 2 aliphatic rings. The number of allylic oxidation sites excluding steroid dienone is 6. The molecule has 1 aliphatic carbocycles. The van der Waals surface area contributed by atoms with Crippen molar-refractivity contribution in [2.75, 3.05) is 6.61 Å². The topological polar surface area (TPSA) is 38.7 Å². The van der Waals surface area contributed by atoms with Crippen LogP contribution in [-0.4, -0.2) is 18.6 Å². The Hall–Kier alpha value is -2.89. The number of nitrogens with zero attached hydrogens (tertiary/aromatic N) is 1. The first-order valence-corrected chi connectivity index (χ1v) is 7.64. The molecular formula is C19H14F3NO2. The summed E-state index contributed by atoms with van der Waals surface area (Å²) in [6.45, 7) is 2.11. The van der Waals surface area contributed by atoms with E-state index in [2.05, 4.69) is 4.99 Å². The number of aliphatic imine (C=N–C) groups is 1. The highest BCUT2D eigenvalue weighted by atomic mass is 19.4. The number of carbonyl (C=O) groups excluding carboxylic acids is 1. The van der Waals surface area contributed by atoms with Crippen molar-refractivity contribution in [1.82, 2.24) is 0 Å². The van der Waals surface area contributed by atoms with Gasteiger partial charge in [0, 0.05) is 11.8 Å². The average Bonchev–Trinajstić information content (AvgIpc) is 3.06. The van der Waals surface area contributed by atoms with Gasteiger partial charge in [-0.25, -0.2) is 0 Å². The number of hydrogen-bond acceptors (Lipinski definition) is 3. The van der Waals surface area contributed by atoms with Crippen LogP contribution >= 0.6 is 0 Å². The molecule has 0 unspecified atom stereocenters. The van der Waals surface area contributed by atoms with E-state index in [1.165, 1.54) is 30.5 Å². The number of ether oxygens (including phenoxy) is 1. The van der Waals surface area contributed by atoms with Crippen molar-refractivity contribution in [3.8, 4) is 0 Å². The Balaban J connectivity index is 2.01. The second-order valence-electron chi connectivity index (χ2n) is 5.35. The third-order valence-corrected chi connectivity index (χ3v) is 3.73. The van der Waals surface area contributed by atoms with Gasteiger partial charge in [0.25, 0.3) is 0 Å². The Kier molecular flexibility index (Phi) is 4.44. The summed E-state index contributed by atoms with van der Waals surface area (Å²) in [5, 5.41) is 0. The molecule has 6 heteroatoms. The van der Waals surface area contributed by atoms with Gasteiger partial charge in [-0.15, -0.1) is 0 Å². The lowest BCUT2D eigenvalue weighted by Crippen LogP contribution is -2.12. The van der Waals surface area contributed by atoms with Crippen LogP contribution in [0.2, 0.25) is 0 Å². The fraction of sp³-hybridized carbons (Fsp3) is 0.158. The zero-order valence-corrected chi connectivity index (χ0v) is 13.3. The zero-order valence-electron chi connectivity index (χ0n) is 13.3. The molecule has 0 spiro atoms. The Labute approximate surface area is 142 Å². The van der Waals surface area contributed by atoms with Gasteiger partial charge in [0.2, 0.25) is 5.78 Å². The van der Waals surface area contributed by atoms with Crippen LogP contribution in [0.3, 0.4) is 0 Å². The summed E-state index contributed by atoms with van der Waals surface area (Å²) in [5.74, 6) is -0.140. The van der Waals surface area contributed by atoms with Crippen molar-refractivity contribution >= 4 is 17.6 Å². The maximum Gasteiger partial charge on any atom is 0.417 e. The standard InChI is InChI=1S/C19H14F3NO2/c1-2-25-17-9-5-7-14(18(17)24)16-10-12(11-23-16)13-6-3-4-8-15(13)19(20,21)22/h3-11H,2H2,1H3. The molecule has 25 heavy (non-hydrogen) atoms. The van der Waals surface area contributed by atoms with E-state index in [1.807, 2.05) is 0 Å². The summed E-state index contributed by atoms with van der Waals surface area (Å²) in [6, 6.07) is 5.28. The fourth-order valence-corrected chi connectivity index (χ4v) is 2.62. The molecule has 1 aromatic carbocycles. The third kappa shape index (κ3) is 3.33. The number of hydrogen-bond donors (Lipinski definition) is 0. The Morgan fingerprint density at radius 2 is 1.96 bits per heavy atom. The van der Waals surface area contributed by atoms with Gasteiger partial charge >= 0.3 is 6.18 Å². The van der Waals surface area contributed by atoms with Gasteiger partial charge < -0.3 is 4.74 Å². The highest BCUT2D eigenvalue weighted by Gasteiger charge is 2.34. The molecule has 0 atom stereocenters. The number of halogens is 3. The number of benzene rings is 1. The second kappa shape index (κ2) is 6.55. The smallest absolute Gasteiger partial charge is 0.417 e. The van der Waals surface area contributed by atoms with E-state index >= 15 is 0 Å². The van der Waals surface area contributed by atoms with Crippen LogP contribution in [0.4, 0.5) is 13.2 Å². The first-order valence-electron chi connectivity index (χ1n) is 7.64. The minimum atomic E-state index is -4.47. The summed E-state index contributed by atoms with van der Waals surface area (Å²) in [6.07, 6.45) is 3.14. The van der Waals surface area contributed by atoms with Crippen LogP contribution in [0.1, 0.15) is 18.1 Å². The maximum atomic E-state index is 13.2. The van der Waals surface area contributed by atoms with Crippen molar-refractivity contribution < 1.29 is 22.7 Å². The monoisotopic (exact) mass is 345 g/mol. The molecule has 0 saturated carbocycles. The van der Waals surface area contributed by atoms with E-state index in [4.69, 9.17) is 4.74 Å². The lowest BCUT2D eigenvalue weighted by molar-refractivity contribution is -0.137. The van der Waals surface area contributed by atoms with Crippen molar-refractivity contribution in [1.29, 1.82) is 0 Å². The zero-order chi connectivity index (χ0) is 18.0. The number of carbonyl (C=O) groups is 1. The van der Waals surface area contributed by atoms with Crippen LogP contribution in [-0.2, 0) is 15.7 Å². The van der Waals surface area contributed by atoms with E-state index < -0.39 is 11.7 Å². The fourth-order valence-electron chi connectivity index (χ4n) is 2.62. The SMILES string of the molecule is CCOC1=CC=CC(=C2C=C(c3ccccc3C(F)(F)F)C=N2)C1=O. The summed E-state index contributed by atoms with van der Waals surface area (Å²) in [7, 11) is 0. The van der Waals surface area contributed by atoms with E-state index in [0.717, 1.165) is 6.07 Å². The molecule has 0 bridgehead atoms. The summed E-state index contributed by atoms with van der Waals surface area (Å²) in [5.41, 5.74) is 0.214. The van der Waals surface area contributed by atoms with Crippen LogP contribution < -0.4 is 0 Å². The van der Waals surface area contributed by atoms with Crippen molar-refractivity contribution in [2.24, 2.45) is 4.99 Å². The van der Waals surface area contributed by atoms with Crippen molar-refractivity contribution in [2.45, 2.75) is 13.1 Å². The van der Waals surface area contributed by atoms with E-state index in [0.29, 0.717) is 23.5 Å². The minimum Gasteiger partial charge on any atom is -0.490 e. The van der Waals surface area contributed by atoms with Gasteiger partial charge in [0.15, 0.2) is 5.76 Å². The summed E-state index contributed by atoms with van der Waals surface area (Å²) < 4.78 is 44.8. The quantitative estimate of drug-likeness (QED) is 0.757.